The Labute approximate surface area is 133 Å². The zero-order chi connectivity index (χ0) is 15.9. The van der Waals surface area contributed by atoms with Crippen LogP contribution in [0.1, 0.15) is 10.4 Å². The Kier molecular flexibility index (Phi) is 5.38. The second-order valence-electron chi connectivity index (χ2n) is 4.48. The molecule has 0 saturated carbocycles. The van der Waals surface area contributed by atoms with E-state index in [0.29, 0.717) is 16.3 Å². The van der Waals surface area contributed by atoms with Crippen LogP contribution in [0.5, 0.6) is 0 Å². The summed E-state index contributed by atoms with van der Waals surface area (Å²) in [6.07, 6.45) is 0. The summed E-state index contributed by atoms with van der Waals surface area (Å²) >= 11 is 5.86. The van der Waals surface area contributed by atoms with Crippen LogP contribution in [-0.2, 0) is 9.53 Å². The van der Waals surface area contributed by atoms with E-state index in [1.165, 1.54) is 7.11 Å². The Balaban J connectivity index is 1.88. The van der Waals surface area contributed by atoms with Gasteiger partial charge in [0.2, 0.25) is 5.91 Å². The molecule has 0 unspecified atom stereocenters. The maximum atomic E-state index is 11.8. The van der Waals surface area contributed by atoms with Crippen molar-refractivity contribution in [2.45, 2.75) is 0 Å². The summed E-state index contributed by atoms with van der Waals surface area (Å²) in [6.45, 7) is 0.110. The fourth-order valence-corrected chi connectivity index (χ4v) is 1.98. The van der Waals surface area contributed by atoms with Crippen molar-refractivity contribution in [3.8, 4) is 0 Å². The minimum atomic E-state index is -0.416. The molecule has 114 valence electrons. The van der Waals surface area contributed by atoms with Gasteiger partial charge in [-0.05, 0) is 42.5 Å². The van der Waals surface area contributed by atoms with E-state index in [9.17, 15) is 9.59 Å². The highest BCUT2D eigenvalue weighted by Gasteiger charge is 2.06. The predicted molar refractivity (Wildman–Crippen MR) is 86.4 cm³/mol. The molecule has 0 spiro atoms. The van der Waals surface area contributed by atoms with Crippen molar-refractivity contribution in [2.24, 2.45) is 0 Å². The van der Waals surface area contributed by atoms with Gasteiger partial charge in [-0.2, -0.15) is 0 Å². The van der Waals surface area contributed by atoms with E-state index in [1.54, 1.807) is 42.5 Å². The second kappa shape index (κ2) is 7.47. The number of methoxy groups -OCH3 is 1. The first-order valence-electron chi connectivity index (χ1n) is 6.56. The molecule has 0 radical (unpaired) electrons. The van der Waals surface area contributed by atoms with Gasteiger partial charge in [0.25, 0.3) is 0 Å². The molecule has 1 amide bonds. The third kappa shape index (κ3) is 4.49. The van der Waals surface area contributed by atoms with Crippen molar-refractivity contribution in [3.05, 3.63) is 59.1 Å². The molecule has 2 N–H and O–H groups in total. The van der Waals surface area contributed by atoms with Crippen LogP contribution < -0.4 is 10.6 Å². The number of rotatable bonds is 5. The molecule has 0 heterocycles. The lowest BCUT2D eigenvalue weighted by atomic mass is 10.2. The molecule has 5 nitrogen and oxygen atoms in total. The summed E-state index contributed by atoms with van der Waals surface area (Å²) in [5, 5.41) is 6.30. The minimum Gasteiger partial charge on any atom is -0.465 e. The molecule has 6 heteroatoms. The standard InChI is InChI=1S/C16H15ClN2O3/c1-22-16(21)11-5-7-13(8-6-11)19-15(20)10-18-14-4-2-3-12(17)9-14/h2-9,18H,10H2,1H3,(H,19,20). The average Bonchev–Trinajstić information content (AvgIpc) is 2.53. The highest BCUT2D eigenvalue weighted by atomic mass is 35.5. The van der Waals surface area contributed by atoms with Crippen molar-refractivity contribution in [1.82, 2.24) is 0 Å². The Bertz CT molecular complexity index is 671. The number of anilines is 2. The van der Waals surface area contributed by atoms with E-state index < -0.39 is 5.97 Å². The SMILES string of the molecule is COC(=O)c1ccc(NC(=O)CNc2cccc(Cl)c2)cc1. The molecule has 0 fully saturated rings. The smallest absolute Gasteiger partial charge is 0.337 e. The number of nitrogens with one attached hydrogen (secondary N) is 2. The Morgan fingerprint density at radius 1 is 1.09 bits per heavy atom. The van der Waals surface area contributed by atoms with Crippen LogP contribution in [0.2, 0.25) is 5.02 Å². The van der Waals surface area contributed by atoms with Crippen molar-refractivity contribution >= 4 is 34.9 Å². The number of benzene rings is 2. The first-order valence-corrected chi connectivity index (χ1v) is 6.94. The minimum absolute atomic E-state index is 0.110. The highest BCUT2D eigenvalue weighted by molar-refractivity contribution is 6.30. The largest absolute Gasteiger partial charge is 0.465 e. The summed E-state index contributed by atoms with van der Waals surface area (Å²) in [4.78, 5) is 23.2. The lowest BCUT2D eigenvalue weighted by molar-refractivity contribution is -0.114. The number of halogens is 1. The molecule has 0 saturated heterocycles. The molecule has 2 aromatic carbocycles. The topological polar surface area (TPSA) is 67.4 Å². The summed E-state index contributed by atoms with van der Waals surface area (Å²) in [5.74, 6) is -0.619. The molecule has 2 rings (SSSR count). The van der Waals surface area contributed by atoms with Gasteiger partial charge in [0.05, 0.1) is 19.2 Å². The average molecular weight is 319 g/mol. The number of hydrogen-bond acceptors (Lipinski definition) is 4. The number of ether oxygens (including phenoxy) is 1. The fourth-order valence-electron chi connectivity index (χ4n) is 1.79. The van der Waals surface area contributed by atoms with Gasteiger partial charge < -0.3 is 15.4 Å². The third-order valence-corrected chi connectivity index (χ3v) is 3.10. The van der Waals surface area contributed by atoms with Crippen LogP contribution in [0.4, 0.5) is 11.4 Å². The zero-order valence-corrected chi connectivity index (χ0v) is 12.7. The van der Waals surface area contributed by atoms with Gasteiger partial charge in [0, 0.05) is 16.4 Å². The van der Waals surface area contributed by atoms with Gasteiger partial charge in [-0.25, -0.2) is 4.79 Å². The van der Waals surface area contributed by atoms with E-state index in [0.717, 1.165) is 5.69 Å². The molecule has 0 aliphatic rings. The van der Waals surface area contributed by atoms with Crippen molar-refractivity contribution in [1.29, 1.82) is 0 Å². The lowest BCUT2D eigenvalue weighted by Gasteiger charge is -2.08. The van der Waals surface area contributed by atoms with E-state index in [1.807, 2.05) is 6.07 Å². The van der Waals surface area contributed by atoms with E-state index in [-0.39, 0.29) is 12.5 Å². The highest BCUT2D eigenvalue weighted by Crippen LogP contribution is 2.15. The first kappa shape index (κ1) is 15.9. The van der Waals surface area contributed by atoms with Crippen LogP contribution in [0.15, 0.2) is 48.5 Å². The molecule has 0 atom stereocenters. The summed E-state index contributed by atoms with van der Waals surface area (Å²) in [7, 11) is 1.32. The molecule has 22 heavy (non-hydrogen) atoms. The molecule has 2 aromatic rings. The Morgan fingerprint density at radius 3 is 2.45 bits per heavy atom. The molecule has 0 aromatic heterocycles. The summed E-state index contributed by atoms with van der Waals surface area (Å²) in [6, 6.07) is 13.6. The molecule has 0 aliphatic carbocycles. The molecular formula is C16H15ClN2O3. The predicted octanol–water partition coefficient (Wildman–Crippen LogP) is 3.18. The van der Waals surface area contributed by atoms with Crippen molar-refractivity contribution in [2.75, 3.05) is 24.3 Å². The third-order valence-electron chi connectivity index (χ3n) is 2.87. The van der Waals surface area contributed by atoms with Crippen LogP contribution >= 0.6 is 11.6 Å². The van der Waals surface area contributed by atoms with E-state index in [2.05, 4.69) is 15.4 Å². The monoisotopic (exact) mass is 318 g/mol. The Hall–Kier alpha value is -2.53. The lowest BCUT2D eigenvalue weighted by Crippen LogP contribution is -2.21. The van der Waals surface area contributed by atoms with E-state index in [4.69, 9.17) is 11.6 Å². The van der Waals surface area contributed by atoms with Crippen LogP contribution in [0.25, 0.3) is 0 Å². The molecule has 0 aliphatic heterocycles. The fraction of sp³-hybridized carbons (Fsp3) is 0.125. The zero-order valence-electron chi connectivity index (χ0n) is 11.9. The maximum Gasteiger partial charge on any atom is 0.337 e. The van der Waals surface area contributed by atoms with Crippen LogP contribution in [0.3, 0.4) is 0 Å². The quantitative estimate of drug-likeness (QED) is 0.831. The van der Waals surface area contributed by atoms with Crippen molar-refractivity contribution in [3.63, 3.8) is 0 Å². The molecule has 0 bridgehead atoms. The Morgan fingerprint density at radius 2 is 1.82 bits per heavy atom. The van der Waals surface area contributed by atoms with Gasteiger partial charge in [0.1, 0.15) is 0 Å². The van der Waals surface area contributed by atoms with Crippen molar-refractivity contribution < 1.29 is 14.3 Å². The van der Waals surface area contributed by atoms with Gasteiger partial charge in [-0.15, -0.1) is 0 Å². The number of amides is 1. The van der Waals surface area contributed by atoms with Gasteiger partial charge in [-0.1, -0.05) is 17.7 Å². The van der Waals surface area contributed by atoms with Gasteiger partial charge >= 0.3 is 5.97 Å². The normalized spacial score (nSPS) is 9.91. The summed E-state index contributed by atoms with van der Waals surface area (Å²) in [5.41, 5.74) is 1.80. The number of hydrogen-bond donors (Lipinski definition) is 2. The van der Waals surface area contributed by atoms with E-state index >= 15 is 0 Å². The van der Waals surface area contributed by atoms with Crippen LogP contribution in [0, 0.1) is 0 Å². The number of esters is 1. The van der Waals surface area contributed by atoms with Gasteiger partial charge in [0.15, 0.2) is 0 Å². The molecular weight excluding hydrogens is 304 g/mol. The van der Waals surface area contributed by atoms with Gasteiger partial charge in [-0.3, -0.25) is 4.79 Å². The second-order valence-corrected chi connectivity index (χ2v) is 4.92. The first-order chi connectivity index (χ1) is 10.6. The maximum absolute atomic E-state index is 11.8. The van der Waals surface area contributed by atoms with Crippen LogP contribution in [-0.4, -0.2) is 25.5 Å². The summed E-state index contributed by atoms with van der Waals surface area (Å²) < 4.78 is 4.61. The number of carbonyl (C=O) groups is 2. The number of carbonyl (C=O) groups excluding carboxylic acids is 2.